The zero-order valence-electron chi connectivity index (χ0n) is 18.8. The second kappa shape index (κ2) is 10.1. The van der Waals surface area contributed by atoms with Gasteiger partial charge in [-0.2, -0.15) is 26.3 Å². The Morgan fingerprint density at radius 1 is 1.03 bits per heavy atom. The van der Waals surface area contributed by atoms with Gasteiger partial charge in [0.2, 0.25) is 5.91 Å². The van der Waals surface area contributed by atoms with Crippen molar-refractivity contribution in [3.05, 3.63) is 59.4 Å². The van der Waals surface area contributed by atoms with Gasteiger partial charge in [0.25, 0.3) is 15.6 Å². The maximum absolute atomic E-state index is 13.5. The van der Waals surface area contributed by atoms with Crippen molar-refractivity contribution in [2.45, 2.75) is 48.2 Å². The van der Waals surface area contributed by atoms with Gasteiger partial charge < -0.3 is 15.5 Å². The fourth-order valence-electron chi connectivity index (χ4n) is 4.06. The number of nitrogens with one attached hydrogen (secondary N) is 1. The van der Waals surface area contributed by atoms with E-state index in [4.69, 9.17) is 5.11 Å². The van der Waals surface area contributed by atoms with Crippen molar-refractivity contribution in [2.24, 2.45) is 0 Å². The summed E-state index contributed by atoms with van der Waals surface area (Å²) in [5, 5.41) is 21.0. The number of hydrogen-bond donors (Lipinski definition) is 3. The van der Waals surface area contributed by atoms with E-state index >= 15 is 0 Å². The second-order valence-electron chi connectivity index (χ2n) is 8.27. The van der Waals surface area contributed by atoms with E-state index in [1.54, 1.807) is 0 Å². The van der Waals surface area contributed by atoms with Gasteiger partial charge >= 0.3 is 12.4 Å². The van der Waals surface area contributed by atoms with Crippen LogP contribution in [0.1, 0.15) is 24.0 Å². The molecule has 0 aliphatic carbocycles. The lowest BCUT2D eigenvalue weighted by molar-refractivity contribution is -0.376. The maximum atomic E-state index is 13.5. The van der Waals surface area contributed by atoms with Crippen LogP contribution in [-0.2, 0) is 26.8 Å². The summed E-state index contributed by atoms with van der Waals surface area (Å²) >= 11 is 0. The molecule has 2 aromatic rings. The lowest BCUT2D eigenvalue weighted by atomic mass is 9.87. The van der Waals surface area contributed by atoms with E-state index in [9.17, 15) is 49.1 Å². The Hall–Kier alpha value is -2.91. The number of anilines is 1. The molecule has 15 heteroatoms. The second-order valence-corrected chi connectivity index (χ2v) is 10.1. The van der Waals surface area contributed by atoms with Crippen LogP contribution in [0.2, 0.25) is 0 Å². The molecular formula is C22H21F7N2O5S. The Morgan fingerprint density at radius 2 is 1.62 bits per heavy atom. The number of aryl methyl sites for hydroxylation is 1. The van der Waals surface area contributed by atoms with E-state index in [0.29, 0.717) is 22.5 Å². The third-order valence-electron chi connectivity index (χ3n) is 5.86. The highest BCUT2D eigenvalue weighted by Gasteiger charge is 2.71. The van der Waals surface area contributed by atoms with Gasteiger partial charge in [-0.05, 0) is 48.7 Å². The quantitative estimate of drug-likeness (QED) is 0.453. The maximum Gasteiger partial charge on any atom is 0.430 e. The largest absolute Gasteiger partial charge is 0.430 e. The molecule has 1 aliphatic heterocycles. The van der Waals surface area contributed by atoms with Crippen LogP contribution in [-0.4, -0.2) is 56.1 Å². The minimum Gasteiger partial charge on any atom is -0.395 e. The lowest BCUT2D eigenvalue weighted by Gasteiger charge is -2.39. The Morgan fingerprint density at radius 3 is 2.16 bits per heavy atom. The van der Waals surface area contributed by atoms with Gasteiger partial charge in [-0.25, -0.2) is 12.8 Å². The number of rotatable bonds is 7. The van der Waals surface area contributed by atoms with Crippen molar-refractivity contribution in [3.8, 4) is 0 Å². The average molecular weight is 558 g/mol. The summed E-state index contributed by atoms with van der Waals surface area (Å²) in [6.07, 6.45) is -13.1. The topological polar surface area (TPSA) is 107 Å². The van der Waals surface area contributed by atoms with Crippen LogP contribution >= 0.6 is 0 Å². The minimum atomic E-state index is -6.14. The summed E-state index contributed by atoms with van der Waals surface area (Å²) in [5.74, 6) is -1.43. The number of aliphatic hydroxyl groups excluding tert-OH is 1. The highest BCUT2D eigenvalue weighted by Crippen LogP contribution is 2.51. The number of amides is 1. The van der Waals surface area contributed by atoms with Crippen LogP contribution in [0.3, 0.4) is 0 Å². The lowest BCUT2D eigenvalue weighted by Crippen LogP contribution is -2.54. The first-order chi connectivity index (χ1) is 17.0. The smallest absolute Gasteiger partial charge is 0.395 e. The SMILES string of the molecule is O=C(CC1CCc2cc(C(O)(C(F)(F)F)C(F)(F)F)ccc2N1S(=O)(=O)c1ccc(F)cc1)NCCO. The molecule has 2 aromatic carbocycles. The molecule has 0 bridgehead atoms. The summed E-state index contributed by atoms with van der Waals surface area (Å²) in [4.78, 5) is 11.8. The predicted molar refractivity (Wildman–Crippen MR) is 115 cm³/mol. The fourth-order valence-corrected chi connectivity index (χ4v) is 5.78. The van der Waals surface area contributed by atoms with E-state index in [-0.39, 0.29) is 30.6 Å². The number of halogens is 7. The molecule has 1 unspecified atom stereocenters. The highest BCUT2D eigenvalue weighted by molar-refractivity contribution is 7.92. The van der Waals surface area contributed by atoms with E-state index in [2.05, 4.69) is 5.32 Å². The van der Waals surface area contributed by atoms with E-state index < -0.39 is 69.2 Å². The number of carbonyl (C=O) groups is 1. The normalized spacial score (nSPS) is 16.9. The molecule has 0 spiro atoms. The number of benzene rings is 2. The fraction of sp³-hybridized carbons (Fsp3) is 0.409. The van der Waals surface area contributed by atoms with Gasteiger partial charge in [-0.15, -0.1) is 0 Å². The van der Waals surface area contributed by atoms with Gasteiger partial charge in [0.1, 0.15) is 5.82 Å². The summed E-state index contributed by atoms with van der Waals surface area (Å²) < 4.78 is 121. The van der Waals surface area contributed by atoms with Gasteiger partial charge in [0, 0.05) is 18.5 Å². The molecular weight excluding hydrogens is 537 g/mol. The molecule has 37 heavy (non-hydrogen) atoms. The van der Waals surface area contributed by atoms with Crippen molar-refractivity contribution in [1.82, 2.24) is 5.32 Å². The molecule has 0 fully saturated rings. The highest BCUT2D eigenvalue weighted by atomic mass is 32.2. The Kier molecular flexibility index (Phi) is 7.82. The van der Waals surface area contributed by atoms with Crippen LogP contribution in [0.15, 0.2) is 47.4 Å². The van der Waals surface area contributed by atoms with Gasteiger partial charge in [0.05, 0.1) is 23.2 Å². The molecule has 0 aromatic heterocycles. The molecule has 0 saturated heterocycles. The molecule has 7 nitrogen and oxygen atoms in total. The first-order valence-corrected chi connectivity index (χ1v) is 12.1. The summed E-state index contributed by atoms with van der Waals surface area (Å²) in [5.41, 5.74) is -7.31. The number of nitrogens with zero attached hydrogens (tertiary/aromatic N) is 1. The molecule has 1 amide bonds. The van der Waals surface area contributed by atoms with Crippen molar-refractivity contribution < 1.29 is 54.2 Å². The van der Waals surface area contributed by atoms with Crippen molar-refractivity contribution >= 4 is 21.6 Å². The van der Waals surface area contributed by atoms with Crippen LogP contribution in [0.25, 0.3) is 0 Å². The number of alkyl halides is 6. The number of sulfonamides is 1. The summed E-state index contributed by atoms with van der Waals surface area (Å²) in [6.45, 7) is -0.537. The van der Waals surface area contributed by atoms with E-state index in [0.717, 1.165) is 24.3 Å². The van der Waals surface area contributed by atoms with Crippen LogP contribution in [0, 0.1) is 5.82 Å². The van der Waals surface area contributed by atoms with E-state index in [1.807, 2.05) is 0 Å². The molecule has 0 saturated carbocycles. The molecule has 1 atom stereocenters. The Labute approximate surface area is 206 Å². The monoisotopic (exact) mass is 558 g/mol. The third-order valence-corrected chi connectivity index (χ3v) is 7.74. The van der Waals surface area contributed by atoms with Crippen molar-refractivity contribution in [1.29, 1.82) is 0 Å². The zero-order chi connectivity index (χ0) is 27.8. The van der Waals surface area contributed by atoms with Gasteiger partial charge in [-0.1, -0.05) is 12.1 Å². The van der Waals surface area contributed by atoms with Crippen LogP contribution in [0.5, 0.6) is 0 Å². The summed E-state index contributed by atoms with van der Waals surface area (Å²) in [6, 6.07) is 3.87. The number of hydrogen-bond acceptors (Lipinski definition) is 5. The summed E-state index contributed by atoms with van der Waals surface area (Å²) in [7, 11) is -4.58. The molecule has 1 aliphatic rings. The standard InChI is InChI=1S/C22H21F7N2O5S/c23-15-3-6-17(7-4-15)37(35,36)31-16(12-19(33)30-9-10-32)5-1-13-11-14(2-8-18(13)31)20(34,21(24,25)26)22(27,28)29/h2-4,6-8,11,16,32,34H,1,5,9-10,12H2,(H,30,33). The number of carbonyl (C=O) groups excluding carboxylic acids is 1. The molecule has 1 heterocycles. The molecule has 204 valence electrons. The average Bonchev–Trinajstić information content (AvgIpc) is 2.80. The Bertz CT molecular complexity index is 1230. The predicted octanol–water partition coefficient (Wildman–Crippen LogP) is 3.15. The number of aliphatic hydroxyl groups is 2. The van der Waals surface area contributed by atoms with Crippen molar-refractivity contribution in [2.75, 3.05) is 17.5 Å². The van der Waals surface area contributed by atoms with E-state index in [1.165, 1.54) is 0 Å². The molecule has 3 N–H and O–H groups in total. The minimum absolute atomic E-state index is 0.135. The number of fused-ring (bicyclic) bond motifs is 1. The molecule has 0 radical (unpaired) electrons. The molecule has 3 rings (SSSR count). The van der Waals surface area contributed by atoms with Crippen LogP contribution < -0.4 is 9.62 Å². The van der Waals surface area contributed by atoms with Crippen LogP contribution in [0.4, 0.5) is 36.4 Å². The first-order valence-electron chi connectivity index (χ1n) is 10.7. The first kappa shape index (κ1) is 28.7. The van der Waals surface area contributed by atoms with Gasteiger partial charge in [-0.3, -0.25) is 9.10 Å². The third kappa shape index (κ3) is 5.38. The Balaban J connectivity index is 2.15. The zero-order valence-corrected chi connectivity index (χ0v) is 19.6. The van der Waals surface area contributed by atoms with Crippen molar-refractivity contribution in [3.63, 3.8) is 0 Å². The van der Waals surface area contributed by atoms with Gasteiger partial charge in [0.15, 0.2) is 0 Å².